The molecule has 0 saturated heterocycles. The highest BCUT2D eigenvalue weighted by Gasteiger charge is 2.03. The molecule has 0 aromatic heterocycles. The molecule has 0 unspecified atom stereocenters. The quantitative estimate of drug-likeness (QED) is 0.449. The first kappa shape index (κ1) is 17.8. The van der Waals surface area contributed by atoms with Crippen molar-refractivity contribution in [3.05, 3.63) is 48.0 Å². The second-order valence-electron chi connectivity index (χ2n) is 5.40. The molecule has 2 aromatic carbocycles. The zero-order valence-electron chi connectivity index (χ0n) is 13.2. The highest BCUT2D eigenvalue weighted by atomic mass is 127. The van der Waals surface area contributed by atoms with Gasteiger partial charge in [0.2, 0.25) is 0 Å². The highest BCUT2D eigenvalue weighted by molar-refractivity contribution is 14.0. The molecule has 0 radical (unpaired) electrons. The van der Waals surface area contributed by atoms with Crippen molar-refractivity contribution in [2.45, 2.75) is 6.42 Å². The van der Waals surface area contributed by atoms with Gasteiger partial charge in [-0.05, 0) is 22.8 Å². The van der Waals surface area contributed by atoms with E-state index in [-0.39, 0.29) is 24.0 Å². The van der Waals surface area contributed by atoms with Gasteiger partial charge in [0, 0.05) is 34.7 Å². The summed E-state index contributed by atoms with van der Waals surface area (Å²) in [6.07, 6.45) is 0.968. The molecule has 114 valence electrons. The van der Waals surface area contributed by atoms with Gasteiger partial charge < -0.3 is 9.80 Å². The van der Waals surface area contributed by atoms with Crippen LogP contribution in [0.1, 0.15) is 5.56 Å². The minimum Gasteiger partial charge on any atom is -0.349 e. The molecule has 0 fully saturated rings. The summed E-state index contributed by atoms with van der Waals surface area (Å²) in [5.74, 6) is 1.01. The second-order valence-corrected chi connectivity index (χ2v) is 5.40. The molecular formula is C17H24IN3. The molecule has 2 aromatic rings. The summed E-state index contributed by atoms with van der Waals surface area (Å²) in [7, 11) is 8.09. The molecule has 0 atom stereocenters. The van der Waals surface area contributed by atoms with Crippen molar-refractivity contribution in [1.29, 1.82) is 0 Å². The molecule has 3 nitrogen and oxygen atoms in total. The van der Waals surface area contributed by atoms with Crippen LogP contribution in [0.3, 0.4) is 0 Å². The van der Waals surface area contributed by atoms with Gasteiger partial charge in [-0.25, -0.2) is 0 Å². The van der Waals surface area contributed by atoms with Crippen LogP contribution in [0.5, 0.6) is 0 Å². The molecule has 0 spiro atoms. The van der Waals surface area contributed by atoms with E-state index in [1.807, 2.05) is 38.0 Å². The van der Waals surface area contributed by atoms with Crippen molar-refractivity contribution < 1.29 is 0 Å². The van der Waals surface area contributed by atoms with Crippen LogP contribution in [0.15, 0.2) is 47.5 Å². The van der Waals surface area contributed by atoms with Gasteiger partial charge in [0.1, 0.15) is 0 Å². The Morgan fingerprint density at radius 3 is 2.14 bits per heavy atom. The van der Waals surface area contributed by atoms with Crippen LogP contribution in [0.2, 0.25) is 0 Å². The van der Waals surface area contributed by atoms with Crippen LogP contribution in [0.4, 0.5) is 0 Å². The number of hydrogen-bond acceptors (Lipinski definition) is 1. The molecule has 21 heavy (non-hydrogen) atoms. The number of halogens is 1. The number of guanidine groups is 1. The molecule has 0 N–H and O–H groups in total. The Morgan fingerprint density at radius 1 is 0.905 bits per heavy atom. The normalized spacial score (nSPS) is 9.90. The van der Waals surface area contributed by atoms with Crippen molar-refractivity contribution in [2.24, 2.45) is 4.99 Å². The fourth-order valence-electron chi connectivity index (χ4n) is 2.36. The first-order valence-corrected chi connectivity index (χ1v) is 6.94. The lowest BCUT2D eigenvalue weighted by Gasteiger charge is -2.22. The van der Waals surface area contributed by atoms with Crippen molar-refractivity contribution in [1.82, 2.24) is 9.80 Å². The van der Waals surface area contributed by atoms with Crippen LogP contribution in [-0.2, 0) is 6.42 Å². The third kappa shape index (κ3) is 4.88. The van der Waals surface area contributed by atoms with E-state index in [9.17, 15) is 0 Å². The SMILES string of the molecule is CN(C)C(=NCCc1ccc2ccccc2c1)N(C)C.I. The maximum Gasteiger partial charge on any atom is 0.195 e. The third-order valence-corrected chi connectivity index (χ3v) is 3.27. The molecule has 0 aliphatic carbocycles. The number of aliphatic imine (C=N–C) groups is 1. The lowest BCUT2D eigenvalue weighted by Crippen LogP contribution is -2.35. The molecular weight excluding hydrogens is 373 g/mol. The Kier molecular flexibility index (Phi) is 6.95. The number of fused-ring (bicyclic) bond motifs is 1. The second kappa shape index (κ2) is 8.22. The molecule has 0 heterocycles. The van der Waals surface area contributed by atoms with E-state index in [1.165, 1.54) is 16.3 Å². The van der Waals surface area contributed by atoms with Crippen molar-refractivity contribution in [3.63, 3.8) is 0 Å². The predicted molar refractivity (Wildman–Crippen MR) is 103 cm³/mol. The Balaban J connectivity index is 0.00000220. The smallest absolute Gasteiger partial charge is 0.195 e. The number of nitrogens with zero attached hydrogens (tertiary/aromatic N) is 3. The number of hydrogen-bond donors (Lipinski definition) is 0. The molecule has 0 bridgehead atoms. The Bertz CT molecular complexity index is 596. The molecule has 0 aliphatic heterocycles. The summed E-state index contributed by atoms with van der Waals surface area (Å²) >= 11 is 0. The van der Waals surface area contributed by atoms with Crippen LogP contribution in [0, 0.1) is 0 Å². The summed E-state index contributed by atoms with van der Waals surface area (Å²) in [6, 6.07) is 15.1. The topological polar surface area (TPSA) is 18.8 Å². The Hall–Kier alpha value is -1.30. The zero-order chi connectivity index (χ0) is 14.5. The molecule has 0 saturated carbocycles. The molecule has 0 aliphatic rings. The average Bonchev–Trinajstić information content (AvgIpc) is 2.42. The van der Waals surface area contributed by atoms with Crippen LogP contribution >= 0.6 is 24.0 Å². The van der Waals surface area contributed by atoms with Gasteiger partial charge in [-0.3, -0.25) is 4.99 Å². The Labute approximate surface area is 144 Å². The Morgan fingerprint density at radius 2 is 1.52 bits per heavy atom. The first-order valence-electron chi connectivity index (χ1n) is 6.94. The minimum atomic E-state index is 0. The first-order chi connectivity index (χ1) is 9.58. The van der Waals surface area contributed by atoms with Gasteiger partial charge in [0.05, 0.1) is 0 Å². The zero-order valence-corrected chi connectivity index (χ0v) is 15.5. The summed E-state index contributed by atoms with van der Waals surface area (Å²) in [6.45, 7) is 0.810. The van der Waals surface area contributed by atoms with E-state index in [0.717, 1.165) is 18.9 Å². The molecule has 2 rings (SSSR count). The van der Waals surface area contributed by atoms with E-state index in [4.69, 9.17) is 0 Å². The van der Waals surface area contributed by atoms with E-state index in [2.05, 4.69) is 47.5 Å². The maximum atomic E-state index is 4.67. The minimum absolute atomic E-state index is 0. The van der Waals surface area contributed by atoms with Gasteiger partial charge in [0.15, 0.2) is 5.96 Å². The van der Waals surface area contributed by atoms with Crippen molar-refractivity contribution >= 4 is 40.7 Å². The summed E-state index contributed by atoms with van der Waals surface area (Å²) in [5, 5.41) is 2.59. The monoisotopic (exact) mass is 397 g/mol. The fourth-order valence-corrected chi connectivity index (χ4v) is 2.36. The van der Waals surface area contributed by atoms with Crippen molar-refractivity contribution in [2.75, 3.05) is 34.7 Å². The van der Waals surface area contributed by atoms with Gasteiger partial charge in [-0.15, -0.1) is 24.0 Å². The van der Waals surface area contributed by atoms with E-state index in [0.29, 0.717) is 0 Å². The standard InChI is InChI=1S/C17H23N3.HI/c1-19(2)17(20(3)4)18-12-11-14-9-10-15-7-5-6-8-16(15)13-14;/h5-10,13H,11-12H2,1-4H3;1H. The summed E-state index contributed by atoms with van der Waals surface area (Å²) in [5.41, 5.74) is 1.34. The van der Waals surface area contributed by atoms with Crippen LogP contribution in [0.25, 0.3) is 10.8 Å². The van der Waals surface area contributed by atoms with E-state index >= 15 is 0 Å². The lowest BCUT2D eigenvalue weighted by atomic mass is 10.1. The lowest BCUT2D eigenvalue weighted by molar-refractivity contribution is 0.479. The molecule has 0 amide bonds. The predicted octanol–water partition coefficient (Wildman–Crippen LogP) is 3.48. The molecule has 4 heteroatoms. The fraction of sp³-hybridized carbons (Fsp3) is 0.353. The number of benzene rings is 2. The number of rotatable bonds is 3. The summed E-state index contributed by atoms with van der Waals surface area (Å²) in [4.78, 5) is 8.75. The highest BCUT2D eigenvalue weighted by Crippen LogP contribution is 2.15. The van der Waals surface area contributed by atoms with E-state index in [1.54, 1.807) is 0 Å². The van der Waals surface area contributed by atoms with E-state index < -0.39 is 0 Å². The maximum absolute atomic E-state index is 4.67. The van der Waals surface area contributed by atoms with Gasteiger partial charge >= 0.3 is 0 Å². The van der Waals surface area contributed by atoms with Gasteiger partial charge in [-0.1, -0.05) is 42.5 Å². The average molecular weight is 397 g/mol. The van der Waals surface area contributed by atoms with Crippen LogP contribution < -0.4 is 0 Å². The largest absolute Gasteiger partial charge is 0.349 e. The van der Waals surface area contributed by atoms with Crippen molar-refractivity contribution in [3.8, 4) is 0 Å². The third-order valence-electron chi connectivity index (χ3n) is 3.27. The van der Waals surface area contributed by atoms with Gasteiger partial charge in [0.25, 0.3) is 0 Å². The summed E-state index contributed by atoms with van der Waals surface area (Å²) < 4.78 is 0. The van der Waals surface area contributed by atoms with Crippen LogP contribution in [-0.4, -0.2) is 50.5 Å². The van der Waals surface area contributed by atoms with Gasteiger partial charge in [-0.2, -0.15) is 0 Å².